The fraction of sp³-hybridized carbons (Fsp3) is 0.375. The van der Waals surface area contributed by atoms with Crippen LogP contribution in [0.1, 0.15) is 55.2 Å². The number of imidazole rings is 1. The summed E-state index contributed by atoms with van der Waals surface area (Å²) in [7, 11) is 1.62. The lowest BCUT2D eigenvalue weighted by Gasteiger charge is -2.34. The zero-order valence-corrected chi connectivity index (χ0v) is 25.1. The van der Waals surface area contributed by atoms with Gasteiger partial charge in [-0.2, -0.15) is 0 Å². The van der Waals surface area contributed by atoms with Crippen LogP contribution in [-0.4, -0.2) is 50.7 Å². The molecule has 1 N–H and O–H groups in total. The maximum absolute atomic E-state index is 13.9. The van der Waals surface area contributed by atoms with Gasteiger partial charge in [-0.05, 0) is 56.9 Å². The number of halogens is 1. The minimum Gasteiger partial charge on any atom is -0.444 e. The van der Waals surface area contributed by atoms with Crippen LogP contribution < -0.4 is 15.8 Å². The van der Waals surface area contributed by atoms with Gasteiger partial charge in [0.2, 0.25) is 5.95 Å². The van der Waals surface area contributed by atoms with Gasteiger partial charge in [0.05, 0.1) is 17.8 Å². The second-order valence-electron chi connectivity index (χ2n) is 11.7. The predicted molar refractivity (Wildman–Crippen MR) is 165 cm³/mol. The highest BCUT2D eigenvalue weighted by molar-refractivity contribution is 6.31. The number of ketones is 1. The van der Waals surface area contributed by atoms with Crippen LogP contribution in [0.2, 0.25) is 5.02 Å². The number of fused-ring (bicyclic) bond motifs is 1. The third-order valence-corrected chi connectivity index (χ3v) is 7.69. The maximum Gasteiger partial charge on any atom is 0.407 e. The van der Waals surface area contributed by atoms with Crippen LogP contribution in [-0.2, 0) is 24.8 Å². The van der Waals surface area contributed by atoms with Gasteiger partial charge in [0, 0.05) is 37.6 Å². The number of carbonyl (C=O) groups excluding carboxylic acids is 2. The molecular formula is C32H36ClN5O4. The largest absolute Gasteiger partial charge is 0.444 e. The standard InChI is InChI=1S/C32H36ClN5O4/c1-32(2,3)42-31(41)34-23-14-10-16-37(20-23)30-35-25-18-26(27(39)17-21-11-6-5-7-12-21)36(4)29(40)28(25)38(30)19-22-13-8-9-15-24(22)33/h5-9,11-13,15,18,23H,10,14,16-17,19-20H2,1-4H3,(H,34,41)/t23-/m1/s1. The molecule has 220 valence electrons. The predicted octanol–water partition coefficient (Wildman–Crippen LogP) is 5.36. The van der Waals surface area contributed by atoms with Gasteiger partial charge in [-0.1, -0.05) is 60.1 Å². The first kappa shape index (κ1) is 29.4. The van der Waals surface area contributed by atoms with Crippen molar-refractivity contribution in [2.24, 2.45) is 7.05 Å². The second-order valence-corrected chi connectivity index (χ2v) is 12.1. The number of amides is 1. The molecule has 2 aromatic carbocycles. The van der Waals surface area contributed by atoms with Gasteiger partial charge in [-0.3, -0.25) is 9.59 Å². The van der Waals surface area contributed by atoms with Crippen molar-refractivity contribution in [3.8, 4) is 0 Å². The van der Waals surface area contributed by atoms with Crippen LogP contribution >= 0.6 is 11.6 Å². The van der Waals surface area contributed by atoms with Gasteiger partial charge in [-0.15, -0.1) is 0 Å². The molecule has 1 aliphatic rings. The first-order valence-corrected chi connectivity index (χ1v) is 14.5. The fourth-order valence-electron chi connectivity index (χ4n) is 5.36. The van der Waals surface area contributed by atoms with Gasteiger partial charge in [0.25, 0.3) is 5.56 Å². The van der Waals surface area contributed by atoms with E-state index in [1.54, 1.807) is 13.1 Å². The number of anilines is 1. The quantitative estimate of drug-likeness (QED) is 0.292. The number of aromatic nitrogens is 3. The van der Waals surface area contributed by atoms with Crippen molar-refractivity contribution in [1.29, 1.82) is 0 Å². The van der Waals surface area contributed by atoms with Crippen molar-refractivity contribution in [1.82, 2.24) is 19.4 Å². The molecule has 0 bridgehead atoms. The topological polar surface area (TPSA) is 98.5 Å². The lowest BCUT2D eigenvalue weighted by Crippen LogP contribution is -2.49. The number of piperidine rings is 1. The van der Waals surface area contributed by atoms with Gasteiger partial charge < -0.3 is 24.1 Å². The molecule has 9 nitrogen and oxygen atoms in total. The van der Waals surface area contributed by atoms with E-state index in [2.05, 4.69) is 10.2 Å². The van der Waals surface area contributed by atoms with Crippen LogP contribution in [0.25, 0.3) is 11.0 Å². The minimum absolute atomic E-state index is 0.159. The van der Waals surface area contributed by atoms with Crippen molar-refractivity contribution < 1.29 is 14.3 Å². The third-order valence-electron chi connectivity index (χ3n) is 7.32. The number of hydrogen-bond acceptors (Lipinski definition) is 6. The van der Waals surface area contributed by atoms with Gasteiger partial charge >= 0.3 is 6.09 Å². The van der Waals surface area contributed by atoms with Crippen molar-refractivity contribution in [2.45, 2.75) is 58.2 Å². The molecule has 10 heteroatoms. The lowest BCUT2D eigenvalue weighted by atomic mass is 10.1. The number of nitrogens with one attached hydrogen (secondary N) is 1. The molecule has 1 saturated heterocycles. The highest BCUT2D eigenvalue weighted by atomic mass is 35.5. The van der Waals surface area contributed by atoms with Crippen LogP contribution in [0.3, 0.4) is 0 Å². The Bertz CT molecular complexity index is 1670. The molecule has 42 heavy (non-hydrogen) atoms. The van der Waals surface area contributed by atoms with Crippen LogP contribution in [0.15, 0.2) is 65.5 Å². The number of nitrogens with zero attached hydrogens (tertiary/aromatic N) is 4. The molecule has 3 heterocycles. The van der Waals surface area contributed by atoms with Crippen molar-refractivity contribution in [3.63, 3.8) is 0 Å². The molecule has 0 unspecified atom stereocenters. The molecule has 0 spiro atoms. The van der Waals surface area contributed by atoms with E-state index in [4.69, 9.17) is 21.3 Å². The van der Waals surface area contributed by atoms with E-state index in [9.17, 15) is 14.4 Å². The monoisotopic (exact) mass is 589 g/mol. The third kappa shape index (κ3) is 6.51. The fourth-order valence-corrected chi connectivity index (χ4v) is 5.55. The summed E-state index contributed by atoms with van der Waals surface area (Å²) in [5, 5.41) is 3.57. The molecule has 1 aliphatic heterocycles. The Kier molecular flexibility index (Phi) is 8.41. The molecule has 1 amide bonds. The first-order valence-electron chi connectivity index (χ1n) is 14.2. The first-order chi connectivity index (χ1) is 20.0. The van der Waals surface area contributed by atoms with Gasteiger partial charge in [0.1, 0.15) is 11.1 Å². The molecule has 0 saturated carbocycles. The van der Waals surface area contributed by atoms with Crippen LogP contribution in [0.5, 0.6) is 0 Å². The van der Waals surface area contributed by atoms with E-state index >= 15 is 0 Å². The zero-order chi connectivity index (χ0) is 30.0. The zero-order valence-electron chi connectivity index (χ0n) is 24.4. The van der Waals surface area contributed by atoms with E-state index in [-0.39, 0.29) is 23.8 Å². The normalized spacial score (nSPS) is 15.5. The Balaban J connectivity index is 1.54. The molecule has 0 aliphatic carbocycles. The van der Waals surface area contributed by atoms with Crippen molar-refractivity contribution >= 4 is 40.5 Å². The van der Waals surface area contributed by atoms with E-state index in [1.807, 2.05) is 79.9 Å². The van der Waals surface area contributed by atoms with E-state index < -0.39 is 11.7 Å². The Labute approximate surface area is 250 Å². The average molecular weight is 590 g/mol. The summed E-state index contributed by atoms with van der Waals surface area (Å²) in [6.45, 7) is 6.99. The molecule has 1 atom stereocenters. The highest BCUT2D eigenvalue weighted by Gasteiger charge is 2.29. The molecule has 2 aromatic heterocycles. The van der Waals surface area contributed by atoms with E-state index in [1.165, 1.54) is 4.57 Å². The number of ether oxygens (including phenoxy) is 1. The molecule has 0 radical (unpaired) electrons. The summed E-state index contributed by atoms with van der Waals surface area (Å²) in [6.07, 6.45) is 1.32. The summed E-state index contributed by atoms with van der Waals surface area (Å²) >= 11 is 6.54. The average Bonchev–Trinajstić information content (AvgIpc) is 3.29. The number of benzene rings is 2. The summed E-state index contributed by atoms with van der Waals surface area (Å²) in [6, 6.07) is 18.5. The maximum atomic E-state index is 13.9. The van der Waals surface area contributed by atoms with Crippen molar-refractivity contribution in [3.05, 3.63) is 92.9 Å². The number of carbonyl (C=O) groups is 2. The summed E-state index contributed by atoms with van der Waals surface area (Å²) in [5.74, 6) is 0.426. The number of hydrogen-bond donors (Lipinski definition) is 1. The highest BCUT2D eigenvalue weighted by Crippen LogP contribution is 2.28. The number of rotatable bonds is 7. The smallest absolute Gasteiger partial charge is 0.407 e. The summed E-state index contributed by atoms with van der Waals surface area (Å²) in [5.41, 5.74) is 1.94. The SMILES string of the molecule is Cn1c(C(=O)Cc2ccccc2)cc2nc(N3CCC[C@@H](NC(=O)OC(C)(C)C)C3)n(Cc3ccccc3Cl)c2c1=O. The van der Waals surface area contributed by atoms with Crippen LogP contribution in [0.4, 0.5) is 10.7 Å². The Morgan fingerprint density at radius 1 is 1.10 bits per heavy atom. The number of alkyl carbamates (subject to hydrolysis) is 1. The molecular weight excluding hydrogens is 554 g/mol. The molecule has 5 rings (SSSR count). The van der Waals surface area contributed by atoms with E-state index in [0.29, 0.717) is 47.3 Å². The molecule has 4 aromatic rings. The molecule has 1 fully saturated rings. The van der Waals surface area contributed by atoms with Crippen LogP contribution in [0, 0.1) is 0 Å². The van der Waals surface area contributed by atoms with Gasteiger partial charge in [0.15, 0.2) is 5.78 Å². The number of pyridine rings is 1. The van der Waals surface area contributed by atoms with Gasteiger partial charge in [-0.25, -0.2) is 9.78 Å². The van der Waals surface area contributed by atoms with E-state index in [0.717, 1.165) is 24.0 Å². The Morgan fingerprint density at radius 3 is 2.52 bits per heavy atom. The second kappa shape index (κ2) is 12.0. The Hall–Kier alpha value is -4.11. The summed E-state index contributed by atoms with van der Waals surface area (Å²) < 4.78 is 8.76. The van der Waals surface area contributed by atoms with Crippen molar-refractivity contribution in [2.75, 3.05) is 18.0 Å². The summed E-state index contributed by atoms with van der Waals surface area (Å²) in [4.78, 5) is 46.7. The minimum atomic E-state index is -0.600. The Morgan fingerprint density at radius 2 is 1.81 bits per heavy atom. The number of Topliss-reactive ketones (excluding diaryl/α,β-unsaturated/α-hetero) is 1. The lowest BCUT2D eigenvalue weighted by molar-refractivity contribution is 0.0499.